The van der Waals surface area contributed by atoms with E-state index in [0.29, 0.717) is 19.0 Å². The number of fused-ring (bicyclic) bond motifs is 1. The van der Waals surface area contributed by atoms with Crippen molar-refractivity contribution in [3.05, 3.63) is 52.7 Å². The highest BCUT2D eigenvalue weighted by Gasteiger charge is 2.25. The molecule has 0 spiro atoms. The van der Waals surface area contributed by atoms with Gasteiger partial charge in [0.15, 0.2) is 5.96 Å². The zero-order valence-electron chi connectivity index (χ0n) is 15.6. The summed E-state index contributed by atoms with van der Waals surface area (Å²) in [6.07, 6.45) is 7.39. The third-order valence-electron chi connectivity index (χ3n) is 4.14. The summed E-state index contributed by atoms with van der Waals surface area (Å²) in [5, 5.41) is 21.2. The van der Waals surface area contributed by atoms with E-state index in [0.717, 1.165) is 27.9 Å². The number of imidazole rings is 1. The smallest absolute Gasteiger partial charge is 0.191 e. The molecule has 0 saturated carbocycles. The summed E-state index contributed by atoms with van der Waals surface area (Å²) < 4.78 is 4.63. The maximum absolute atomic E-state index is 10.7. The second-order valence-electron chi connectivity index (χ2n) is 6.57. The Morgan fingerprint density at radius 2 is 2.11 bits per heavy atom. The van der Waals surface area contributed by atoms with E-state index in [9.17, 15) is 5.11 Å². The van der Waals surface area contributed by atoms with Gasteiger partial charge in [-0.3, -0.25) is 4.68 Å². The third kappa shape index (κ3) is 4.86. The van der Waals surface area contributed by atoms with Crippen LogP contribution in [0.2, 0.25) is 0 Å². The molecular weight excluding hydrogens is 410 g/mol. The number of nitrogens with zero attached hydrogens (tertiary/aromatic N) is 5. The molecule has 3 rings (SSSR count). The van der Waals surface area contributed by atoms with Crippen molar-refractivity contribution in [2.24, 2.45) is 12.0 Å². The predicted molar refractivity (Wildman–Crippen MR) is 108 cm³/mol. The van der Waals surface area contributed by atoms with Gasteiger partial charge in [-0.05, 0) is 41.9 Å². The molecule has 0 saturated heterocycles. The fourth-order valence-corrected chi connectivity index (χ4v) is 3.01. The minimum atomic E-state index is -1.06. The van der Waals surface area contributed by atoms with Crippen molar-refractivity contribution in [2.45, 2.75) is 26.0 Å². The van der Waals surface area contributed by atoms with E-state index in [-0.39, 0.29) is 0 Å². The first-order valence-corrected chi connectivity index (χ1v) is 9.53. The average molecular weight is 434 g/mol. The van der Waals surface area contributed by atoms with Gasteiger partial charge in [0.25, 0.3) is 0 Å². The molecule has 0 aliphatic heterocycles. The van der Waals surface area contributed by atoms with Crippen LogP contribution in [0.3, 0.4) is 0 Å². The molecule has 0 aromatic carbocycles. The van der Waals surface area contributed by atoms with Gasteiger partial charge in [0.1, 0.15) is 11.2 Å². The molecule has 3 heterocycles. The van der Waals surface area contributed by atoms with E-state index in [1.54, 1.807) is 24.0 Å². The van der Waals surface area contributed by atoms with Crippen LogP contribution in [0.5, 0.6) is 0 Å². The molecule has 3 aromatic rings. The second kappa shape index (κ2) is 8.10. The predicted octanol–water partition coefficient (Wildman–Crippen LogP) is 1.79. The lowest BCUT2D eigenvalue weighted by molar-refractivity contribution is 0.0616. The number of rotatable bonds is 6. The average Bonchev–Trinajstić information content (AvgIpc) is 3.23. The summed E-state index contributed by atoms with van der Waals surface area (Å²) >= 11 is 3.46. The first-order chi connectivity index (χ1) is 12.9. The number of hydrogen-bond acceptors (Lipinski definition) is 4. The number of halogens is 1. The van der Waals surface area contributed by atoms with Crippen molar-refractivity contribution in [1.82, 2.24) is 29.8 Å². The summed E-state index contributed by atoms with van der Waals surface area (Å²) in [5.74, 6) is 0.625. The summed E-state index contributed by atoms with van der Waals surface area (Å²) in [4.78, 5) is 9.14. The molecular formula is C18H24BrN7O. The maximum atomic E-state index is 10.7. The summed E-state index contributed by atoms with van der Waals surface area (Å²) in [6, 6.07) is 3.91. The van der Waals surface area contributed by atoms with Gasteiger partial charge in [-0.15, -0.1) is 0 Å². The van der Waals surface area contributed by atoms with Crippen LogP contribution in [-0.2, 0) is 19.2 Å². The highest BCUT2D eigenvalue weighted by Crippen LogP contribution is 2.18. The molecule has 0 aliphatic rings. The SMILES string of the molecule is CCNC(=NCc1cn2cc(Br)ccc2n1)NCC(C)(O)c1cnn(C)c1. The van der Waals surface area contributed by atoms with Gasteiger partial charge in [-0.1, -0.05) is 0 Å². The molecule has 0 radical (unpaired) electrons. The van der Waals surface area contributed by atoms with Gasteiger partial charge in [-0.25, -0.2) is 9.98 Å². The summed E-state index contributed by atoms with van der Waals surface area (Å²) in [7, 11) is 1.83. The van der Waals surface area contributed by atoms with Gasteiger partial charge in [-0.2, -0.15) is 5.10 Å². The minimum Gasteiger partial charge on any atom is -0.383 e. The van der Waals surface area contributed by atoms with Crippen molar-refractivity contribution in [1.29, 1.82) is 0 Å². The number of nitrogens with one attached hydrogen (secondary N) is 2. The van der Waals surface area contributed by atoms with Crippen molar-refractivity contribution >= 4 is 27.5 Å². The summed E-state index contributed by atoms with van der Waals surface area (Å²) in [6.45, 7) is 5.21. The molecule has 27 heavy (non-hydrogen) atoms. The second-order valence-corrected chi connectivity index (χ2v) is 7.49. The number of aromatic nitrogens is 4. The van der Waals surface area contributed by atoms with Crippen LogP contribution in [0, 0.1) is 0 Å². The Morgan fingerprint density at radius 1 is 1.30 bits per heavy atom. The van der Waals surface area contributed by atoms with Crippen LogP contribution in [-0.4, -0.2) is 43.3 Å². The highest BCUT2D eigenvalue weighted by atomic mass is 79.9. The summed E-state index contributed by atoms with van der Waals surface area (Å²) in [5.41, 5.74) is 1.43. The molecule has 1 atom stereocenters. The fraction of sp³-hybridized carbons (Fsp3) is 0.389. The number of pyridine rings is 1. The molecule has 0 bridgehead atoms. The van der Waals surface area contributed by atoms with Crippen LogP contribution < -0.4 is 10.6 Å². The standard InChI is InChI=1S/C18H24BrN7O/c1-4-20-17(22-12-18(2,27)13-7-23-25(3)9-13)21-8-15-11-26-10-14(19)5-6-16(26)24-15/h5-7,9-11,27H,4,8,12H2,1-3H3,(H2,20,21,22). The third-order valence-corrected chi connectivity index (χ3v) is 4.60. The molecule has 9 heteroatoms. The van der Waals surface area contributed by atoms with Crippen LogP contribution in [0.1, 0.15) is 25.1 Å². The fourth-order valence-electron chi connectivity index (χ4n) is 2.65. The van der Waals surface area contributed by atoms with E-state index in [1.807, 2.05) is 42.9 Å². The lowest BCUT2D eigenvalue weighted by Gasteiger charge is -2.23. The molecule has 1 unspecified atom stereocenters. The molecule has 3 N–H and O–H groups in total. The van der Waals surface area contributed by atoms with Crippen LogP contribution in [0.25, 0.3) is 5.65 Å². The van der Waals surface area contributed by atoms with E-state index in [4.69, 9.17) is 0 Å². The van der Waals surface area contributed by atoms with Crippen LogP contribution in [0.4, 0.5) is 0 Å². The Bertz CT molecular complexity index is 944. The van der Waals surface area contributed by atoms with Crippen molar-refractivity contribution < 1.29 is 5.11 Å². The topological polar surface area (TPSA) is 91.8 Å². The molecule has 0 amide bonds. The Hall–Kier alpha value is -2.39. The first kappa shape index (κ1) is 19.4. The highest BCUT2D eigenvalue weighted by molar-refractivity contribution is 9.10. The Morgan fingerprint density at radius 3 is 2.81 bits per heavy atom. The molecule has 8 nitrogen and oxygen atoms in total. The lowest BCUT2D eigenvalue weighted by Crippen LogP contribution is -2.44. The quantitative estimate of drug-likeness (QED) is 0.407. The molecule has 3 aromatic heterocycles. The largest absolute Gasteiger partial charge is 0.383 e. The molecule has 0 fully saturated rings. The maximum Gasteiger partial charge on any atom is 0.191 e. The minimum absolute atomic E-state index is 0.308. The van der Waals surface area contributed by atoms with Gasteiger partial charge in [0.2, 0.25) is 0 Å². The normalized spacial score (nSPS) is 14.3. The van der Waals surface area contributed by atoms with Crippen molar-refractivity contribution in [2.75, 3.05) is 13.1 Å². The Labute approximate surface area is 166 Å². The van der Waals surface area contributed by atoms with Gasteiger partial charge >= 0.3 is 0 Å². The van der Waals surface area contributed by atoms with E-state index < -0.39 is 5.60 Å². The number of guanidine groups is 1. The van der Waals surface area contributed by atoms with Crippen molar-refractivity contribution in [3.8, 4) is 0 Å². The van der Waals surface area contributed by atoms with Crippen LogP contribution in [0.15, 0.2) is 46.4 Å². The molecule has 0 aliphatic carbocycles. The lowest BCUT2D eigenvalue weighted by atomic mass is 10.00. The van der Waals surface area contributed by atoms with E-state index >= 15 is 0 Å². The van der Waals surface area contributed by atoms with E-state index in [2.05, 4.69) is 41.6 Å². The Kier molecular flexibility index (Phi) is 5.81. The first-order valence-electron chi connectivity index (χ1n) is 8.74. The zero-order chi connectivity index (χ0) is 19.4. The zero-order valence-corrected chi connectivity index (χ0v) is 17.2. The van der Waals surface area contributed by atoms with Crippen LogP contribution >= 0.6 is 15.9 Å². The van der Waals surface area contributed by atoms with Gasteiger partial charge in [0, 0.05) is 42.2 Å². The monoisotopic (exact) mass is 433 g/mol. The van der Waals surface area contributed by atoms with E-state index in [1.165, 1.54) is 0 Å². The van der Waals surface area contributed by atoms with Gasteiger partial charge < -0.3 is 20.1 Å². The molecule has 144 valence electrons. The number of aliphatic hydroxyl groups is 1. The van der Waals surface area contributed by atoms with Gasteiger partial charge in [0.05, 0.1) is 25.0 Å². The number of hydrogen-bond donors (Lipinski definition) is 3. The van der Waals surface area contributed by atoms with Crippen molar-refractivity contribution in [3.63, 3.8) is 0 Å². The number of aryl methyl sites for hydroxylation is 1. The number of aliphatic imine (C=N–C) groups is 1. The Balaban J connectivity index is 1.68.